The molecule has 1 aromatic heterocycles. The minimum atomic E-state index is -5.87. The largest absolute Gasteiger partial charge is 0.478 e. The van der Waals surface area contributed by atoms with Crippen molar-refractivity contribution in [3.8, 4) is 22.1 Å². The van der Waals surface area contributed by atoms with E-state index in [-0.39, 0.29) is 49.0 Å². The van der Waals surface area contributed by atoms with Crippen LogP contribution in [-0.4, -0.2) is 36.6 Å². The molecule has 10 nitrogen and oxygen atoms in total. The Hall–Kier alpha value is -4.54. The van der Waals surface area contributed by atoms with Crippen LogP contribution in [0.3, 0.4) is 0 Å². The Balaban J connectivity index is 1.55. The van der Waals surface area contributed by atoms with E-state index in [2.05, 4.69) is 26.0 Å². The smallest absolute Gasteiger partial charge is 0.416 e. The average Bonchev–Trinajstić information content (AvgIpc) is 3.42. The van der Waals surface area contributed by atoms with Gasteiger partial charge in [-0.15, -0.1) is 0 Å². The molecule has 1 amide bonds. The van der Waals surface area contributed by atoms with Gasteiger partial charge in [-0.1, -0.05) is 63.7 Å². The maximum absolute atomic E-state index is 14.4. The van der Waals surface area contributed by atoms with E-state index in [9.17, 15) is 41.2 Å². The third-order valence-corrected chi connectivity index (χ3v) is 9.33. The van der Waals surface area contributed by atoms with Crippen LogP contribution in [0.15, 0.2) is 100 Å². The van der Waals surface area contributed by atoms with Crippen molar-refractivity contribution >= 4 is 46.7 Å². The van der Waals surface area contributed by atoms with Crippen molar-refractivity contribution in [1.29, 1.82) is 0 Å². The number of aromatic nitrogens is 2. The van der Waals surface area contributed by atoms with Crippen molar-refractivity contribution in [2.45, 2.75) is 18.4 Å². The zero-order valence-electron chi connectivity index (χ0n) is 24.3. The Morgan fingerprint density at radius 3 is 2.20 bits per heavy atom. The van der Waals surface area contributed by atoms with E-state index in [1.54, 1.807) is 30.3 Å². The number of nitrogens with zero attached hydrogens (tertiary/aromatic N) is 3. The van der Waals surface area contributed by atoms with Gasteiger partial charge in [-0.2, -0.15) is 32.0 Å². The number of alkyl halides is 5. The van der Waals surface area contributed by atoms with E-state index in [1.165, 1.54) is 28.9 Å². The van der Waals surface area contributed by atoms with Crippen LogP contribution < -0.4 is 9.54 Å². The van der Waals surface area contributed by atoms with Gasteiger partial charge in [0, 0.05) is 21.2 Å². The lowest BCUT2D eigenvalue weighted by Crippen LogP contribution is -2.20. The van der Waals surface area contributed by atoms with E-state index in [4.69, 9.17) is 14.5 Å². The van der Waals surface area contributed by atoms with Crippen molar-refractivity contribution < 1.29 is 55.7 Å². The van der Waals surface area contributed by atoms with Crippen LogP contribution in [0.4, 0.5) is 22.0 Å². The lowest BCUT2D eigenvalue weighted by Gasteiger charge is -2.19. The van der Waals surface area contributed by atoms with Crippen LogP contribution >= 0.6 is 34.9 Å². The second-order valence-electron chi connectivity index (χ2n) is 10.2. The third-order valence-electron chi connectivity index (χ3n) is 6.71. The first kappa shape index (κ1) is 35.8. The first-order valence-electron chi connectivity index (χ1n) is 13.6. The molecule has 4 aromatic carbocycles. The highest BCUT2D eigenvalue weighted by Crippen LogP contribution is 2.60. The number of carbonyl (C=O) groups is 2. The summed E-state index contributed by atoms with van der Waals surface area (Å²) in [5.41, 5.74) is -6.17. The van der Waals surface area contributed by atoms with E-state index in [1.807, 2.05) is 0 Å². The quantitative estimate of drug-likeness (QED) is 0.101. The van der Waals surface area contributed by atoms with Gasteiger partial charge in [0.2, 0.25) is 4.80 Å². The van der Waals surface area contributed by atoms with Crippen molar-refractivity contribution in [3.05, 3.63) is 128 Å². The molecule has 254 valence electrons. The predicted molar refractivity (Wildman–Crippen MR) is 170 cm³/mol. The van der Waals surface area contributed by atoms with E-state index >= 15 is 0 Å². The van der Waals surface area contributed by atoms with E-state index < -0.39 is 42.4 Å². The van der Waals surface area contributed by atoms with Gasteiger partial charge >= 0.3 is 25.4 Å². The maximum atomic E-state index is 14.4. The van der Waals surface area contributed by atoms with Gasteiger partial charge < -0.3 is 19.6 Å². The minimum Gasteiger partial charge on any atom is -0.478 e. The molecule has 0 saturated carbocycles. The second-order valence-corrected chi connectivity index (χ2v) is 13.7. The Bertz CT molecular complexity index is 2200. The molecule has 0 saturated heterocycles. The average molecular weight is 784 g/mol. The van der Waals surface area contributed by atoms with Gasteiger partial charge in [-0.05, 0) is 60.2 Å². The number of amides is 1. The lowest BCUT2D eigenvalue weighted by atomic mass is 10.1. The predicted octanol–water partition coefficient (Wildman–Crippen LogP) is 7.90. The minimum absolute atomic E-state index is 0.00330. The van der Waals surface area contributed by atoms with Gasteiger partial charge in [-0.3, -0.25) is 9.36 Å². The fraction of sp³-hybridized carbons (Fsp3) is 0.0968. The molecule has 0 bridgehead atoms. The van der Waals surface area contributed by atoms with Crippen LogP contribution in [0.2, 0.25) is 0 Å². The van der Waals surface area contributed by atoms with Crippen molar-refractivity contribution in [3.63, 3.8) is 0 Å². The van der Waals surface area contributed by atoms with Crippen LogP contribution in [0.5, 0.6) is 11.5 Å². The zero-order valence-corrected chi connectivity index (χ0v) is 27.6. The summed E-state index contributed by atoms with van der Waals surface area (Å²) in [7, 11) is -5.87. The molecule has 0 spiro atoms. The fourth-order valence-electron chi connectivity index (χ4n) is 4.34. The van der Waals surface area contributed by atoms with E-state index in [0.29, 0.717) is 11.6 Å². The number of ether oxygens (including phenoxy) is 1. The van der Waals surface area contributed by atoms with Crippen LogP contribution in [0, 0.1) is 0 Å². The molecule has 5 aromatic rings. The number of halogens is 6. The number of carboxylic acid groups (broad SMARTS) is 1. The summed E-state index contributed by atoms with van der Waals surface area (Å²) >= 11 is 3.80. The Kier molecular flexibility index (Phi) is 10.0. The summed E-state index contributed by atoms with van der Waals surface area (Å²) in [4.78, 5) is 46.6. The van der Waals surface area contributed by atoms with Crippen molar-refractivity contribution in [2.24, 2.45) is 4.99 Å². The Morgan fingerprint density at radius 2 is 1.55 bits per heavy atom. The summed E-state index contributed by atoms with van der Waals surface area (Å²) < 4.78 is 86.8. The van der Waals surface area contributed by atoms with Crippen LogP contribution in [-0.2, 0) is 22.9 Å². The molecule has 1 heterocycles. The van der Waals surface area contributed by atoms with Gasteiger partial charge in [0.15, 0.2) is 0 Å². The topological polar surface area (TPSA) is 151 Å². The molecule has 0 aliphatic rings. The highest BCUT2D eigenvalue weighted by atomic mass is 79.9. The summed E-state index contributed by atoms with van der Waals surface area (Å²) in [6.45, 7) is -0.219. The molecule has 49 heavy (non-hydrogen) atoms. The molecule has 0 unspecified atom stereocenters. The molecule has 0 aliphatic heterocycles. The first-order valence-corrected chi connectivity index (χ1v) is 16.8. The number of hydrogen-bond donors (Lipinski definition) is 3. The van der Waals surface area contributed by atoms with Crippen LogP contribution in [0.1, 0.15) is 37.4 Å². The van der Waals surface area contributed by atoms with Crippen molar-refractivity contribution in [1.82, 2.24) is 9.78 Å². The summed E-state index contributed by atoms with van der Waals surface area (Å²) in [5, 5.41) is 14.0. The zero-order chi connectivity index (χ0) is 35.7. The molecule has 18 heteroatoms. The molecule has 5 rings (SSSR count). The Labute approximate surface area is 285 Å². The number of aromatic carboxylic acids is 1. The number of carbonyl (C=O) groups excluding carboxylic acids is 1. The number of benzene rings is 4. The van der Waals surface area contributed by atoms with Gasteiger partial charge in [0.05, 0.1) is 17.7 Å². The SMILES string of the molecule is O=C(O)c1cccc(Oc2cccc(-c3nn(Cc4ccc(C(F)(F)P(=O)(O)O)c(Br)c4)c(=NC(=O)c4cccc(C(F)(F)F)c4)s3)c2)c1. The molecule has 0 aliphatic carbocycles. The number of hydrogen-bond acceptors (Lipinski definition) is 6. The monoisotopic (exact) mass is 783 g/mol. The van der Waals surface area contributed by atoms with Gasteiger partial charge in [0.25, 0.3) is 5.91 Å². The normalized spacial score (nSPS) is 12.6. The molecular formula is C31H20BrF5N3O7PS. The molecule has 3 N–H and O–H groups in total. The van der Waals surface area contributed by atoms with Crippen LogP contribution in [0.25, 0.3) is 10.6 Å². The van der Waals surface area contributed by atoms with E-state index in [0.717, 1.165) is 41.7 Å². The summed E-state index contributed by atoms with van der Waals surface area (Å²) in [6.07, 6.45) is -4.72. The first-order chi connectivity index (χ1) is 22.9. The van der Waals surface area contributed by atoms with Gasteiger partial charge in [-0.25, -0.2) is 9.48 Å². The number of rotatable bonds is 9. The standard InChI is InChI=1S/C31H20BrF5N3O7PS/c32-25-12-17(10-11-24(25)31(36,37)48(44,45)46)16-40-29(38-26(41)18-4-1-7-21(13-18)30(33,34)35)49-27(39-40)19-5-2-8-22(14-19)47-23-9-3-6-20(15-23)28(42)43/h1-15H,16H2,(H,42,43)(H2,44,45,46). The number of carboxylic acids is 1. The lowest BCUT2D eigenvalue weighted by molar-refractivity contribution is -0.137. The van der Waals surface area contributed by atoms with Crippen molar-refractivity contribution in [2.75, 3.05) is 0 Å². The summed E-state index contributed by atoms with van der Waals surface area (Å²) in [6, 6.07) is 19.0. The Morgan fingerprint density at radius 1 is 0.898 bits per heavy atom. The molecular weight excluding hydrogens is 764 g/mol. The highest BCUT2D eigenvalue weighted by Gasteiger charge is 2.51. The maximum Gasteiger partial charge on any atom is 0.416 e. The fourth-order valence-corrected chi connectivity index (χ4v) is 6.58. The summed E-state index contributed by atoms with van der Waals surface area (Å²) in [5.74, 6) is -1.67. The second kappa shape index (κ2) is 13.8. The third kappa shape index (κ3) is 8.20. The van der Waals surface area contributed by atoms with Gasteiger partial charge in [0.1, 0.15) is 16.5 Å². The highest BCUT2D eigenvalue weighted by molar-refractivity contribution is 9.10. The molecule has 0 atom stereocenters. The molecule has 0 fully saturated rings. The molecule has 0 radical (unpaired) electrons.